The Bertz CT molecular complexity index is 582. The fourth-order valence-corrected chi connectivity index (χ4v) is 3.68. The number of nitrogens with zero attached hydrogens (tertiary/aromatic N) is 1. The molecule has 0 bridgehead atoms. The van der Waals surface area contributed by atoms with Crippen LogP contribution in [-0.2, 0) is 14.6 Å². The second-order valence-electron chi connectivity index (χ2n) is 4.93. The Morgan fingerprint density at radius 3 is 2.90 bits per heavy atom. The van der Waals surface area contributed by atoms with E-state index in [1.54, 1.807) is 4.90 Å². The van der Waals surface area contributed by atoms with Gasteiger partial charge >= 0.3 is 6.03 Å². The molecule has 1 saturated heterocycles. The average molecular weight is 318 g/mol. The third kappa shape index (κ3) is 4.19. The zero-order chi connectivity index (χ0) is 14.8. The van der Waals surface area contributed by atoms with Gasteiger partial charge in [-0.15, -0.1) is 11.3 Å². The summed E-state index contributed by atoms with van der Waals surface area (Å²) in [6.07, 6.45) is 0.720. The van der Waals surface area contributed by atoms with Crippen LogP contribution < -0.4 is 5.32 Å². The number of urea groups is 1. The van der Waals surface area contributed by atoms with Gasteiger partial charge in [0.2, 0.25) is 0 Å². The van der Waals surface area contributed by atoms with E-state index in [0.29, 0.717) is 19.7 Å². The number of rotatable bonds is 3. The second kappa shape index (κ2) is 6.11. The van der Waals surface area contributed by atoms with Gasteiger partial charge in [-0.2, -0.15) is 0 Å². The summed E-state index contributed by atoms with van der Waals surface area (Å²) >= 11 is 1.53. The molecule has 1 aliphatic heterocycles. The third-order valence-corrected chi connectivity index (χ3v) is 4.85. The van der Waals surface area contributed by atoms with Gasteiger partial charge < -0.3 is 15.0 Å². The minimum Gasteiger partial charge on any atom is -0.373 e. The lowest BCUT2D eigenvalue weighted by Gasteiger charge is -2.32. The first-order valence-electron chi connectivity index (χ1n) is 6.23. The average Bonchev–Trinajstić information content (AvgIpc) is 2.73. The van der Waals surface area contributed by atoms with Crippen molar-refractivity contribution in [3.8, 4) is 0 Å². The van der Waals surface area contributed by atoms with Crippen molar-refractivity contribution in [3.63, 3.8) is 0 Å². The van der Waals surface area contributed by atoms with E-state index in [9.17, 15) is 13.2 Å². The Kier molecular flexibility index (Phi) is 4.66. The molecule has 0 radical (unpaired) electrons. The molecule has 8 heteroatoms. The first kappa shape index (κ1) is 15.3. The SMILES string of the molecule is Cc1cscc1NC(=O)N1CCOC(CS(C)(=O)=O)C1. The summed E-state index contributed by atoms with van der Waals surface area (Å²) in [5.74, 6) is -0.0613. The lowest BCUT2D eigenvalue weighted by molar-refractivity contribution is 0.000459. The van der Waals surface area contributed by atoms with Crippen LogP contribution >= 0.6 is 11.3 Å². The fourth-order valence-electron chi connectivity index (χ4n) is 2.03. The molecule has 1 aliphatic rings. The maximum absolute atomic E-state index is 12.1. The summed E-state index contributed by atoms with van der Waals surface area (Å²) in [5.41, 5.74) is 1.82. The van der Waals surface area contributed by atoms with E-state index in [2.05, 4.69) is 5.32 Å². The van der Waals surface area contributed by atoms with Crippen LogP contribution in [0.1, 0.15) is 5.56 Å². The highest BCUT2D eigenvalue weighted by Gasteiger charge is 2.27. The summed E-state index contributed by atoms with van der Waals surface area (Å²) in [4.78, 5) is 13.7. The summed E-state index contributed by atoms with van der Waals surface area (Å²) < 4.78 is 28.0. The number of carbonyl (C=O) groups is 1. The minimum absolute atomic E-state index is 0.0613. The molecule has 2 amide bonds. The molecular formula is C12H18N2O4S2. The van der Waals surface area contributed by atoms with E-state index >= 15 is 0 Å². The lowest BCUT2D eigenvalue weighted by atomic mass is 10.3. The molecule has 2 heterocycles. The molecule has 20 heavy (non-hydrogen) atoms. The molecule has 1 atom stereocenters. The topological polar surface area (TPSA) is 75.7 Å². The van der Waals surface area contributed by atoms with Gasteiger partial charge in [0.15, 0.2) is 0 Å². The summed E-state index contributed by atoms with van der Waals surface area (Å²) in [7, 11) is -3.11. The van der Waals surface area contributed by atoms with Crippen molar-refractivity contribution >= 4 is 32.9 Å². The lowest BCUT2D eigenvalue weighted by Crippen LogP contribution is -2.49. The highest BCUT2D eigenvalue weighted by atomic mass is 32.2. The quantitative estimate of drug-likeness (QED) is 0.912. The van der Waals surface area contributed by atoms with Crippen molar-refractivity contribution in [2.24, 2.45) is 0 Å². The van der Waals surface area contributed by atoms with E-state index in [1.165, 1.54) is 17.6 Å². The van der Waals surface area contributed by atoms with Gasteiger partial charge in [-0.25, -0.2) is 13.2 Å². The van der Waals surface area contributed by atoms with Crippen LogP contribution in [0.5, 0.6) is 0 Å². The molecule has 1 fully saturated rings. The molecule has 0 spiro atoms. The molecular weight excluding hydrogens is 300 g/mol. The van der Waals surface area contributed by atoms with Crippen molar-refractivity contribution in [3.05, 3.63) is 16.3 Å². The molecule has 112 valence electrons. The van der Waals surface area contributed by atoms with Gasteiger partial charge in [-0.05, 0) is 17.9 Å². The van der Waals surface area contributed by atoms with Crippen LogP contribution in [-0.4, -0.2) is 57.2 Å². The maximum atomic E-state index is 12.1. The number of hydrogen-bond acceptors (Lipinski definition) is 5. The summed E-state index contributed by atoms with van der Waals surface area (Å²) in [6, 6.07) is -0.215. The number of morpholine rings is 1. The van der Waals surface area contributed by atoms with Crippen LogP contribution in [0.15, 0.2) is 10.8 Å². The number of aryl methyl sites for hydroxylation is 1. The van der Waals surface area contributed by atoms with E-state index in [-0.39, 0.29) is 11.8 Å². The monoisotopic (exact) mass is 318 g/mol. The molecule has 1 unspecified atom stereocenters. The van der Waals surface area contributed by atoms with E-state index in [4.69, 9.17) is 4.74 Å². The molecule has 2 rings (SSSR count). The highest BCUT2D eigenvalue weighted by molar-refractivity contribution is 7.90. The number of thiophene rings is 1. The number of nitrogens with one attached hydrogen (secondary N) is 1. The van der Waals surface area contributed by atoms with E-state index in [1.807, 2.05) is 17.7 Å². The maximum Gasteiger partial charge on any atom is 0.322 e. The fraction of sp³-hybridized carbons (Fsp3) is 0.583. The van der Waals surface area contributed by atoms with Crippen LogP contribution in [0.2, 0.25) is 0 Å². The van der Waals surface area contributed by atoms with Gasteiger partial charge in [0.05, 0.1) is 24.2 Å². The molecule has 1 aromatic heterocycles. The molecule has 1 N–H and O–H groups in total. The Morgan fingerprint density at radius 2 is 2.30 bits per heavy atom. The van der Waals surface area contributed by atoms with E-state index in [0.717, 1.165) is 11.3 Å². The first-order valence-corrected chi connectivity index (χ1v) is 9.23. The number of hydrogen-bond donors (Lipinski definition) is 1. The number of amides is 2. The van der Waals surface area contributed by atoms with Crippen LogP contribution in [0.3, 0.4) is 0 Å². The van der Waals surface area contributed by atoms with Crippen LogP contribution in [0, 0.1) is 6.92 Å². The normalized spacial score (nSPS) is 19.9. The number of anilines is 1. The van der Waals surface area contributed by atoms with Crippen molar-refractivity contribution in [2.45, 2.75) is 13.0 Å². The largest absolute Gasteiger partial charge is 0.373 e. The van der Waals surface area contributed by atoms with Crippen molar-refractivity contribution < 1.29 is 17.9 Å². The number of ether oxygens (including phenoxy) is 1. The Morgan fingerprint density at radius 1 is 1.55 bits per heavy atom. The van der Waals surface area contributed by atoms with E-state index < -0.39 is 15.9 Å². The van der Waals surface area contributed by atoms with Gasteiger partial charge in [0.1, 0.15) is 9.84 Å². The van der Waals surface area contributed by atoms with Crippen LogP contribution in [0.4, 0.5) is 10.5 Å². The van der Waals surface area contributed by atoms with Crippen molar-refractivity contribution in [2.75, 3.05) is 37.0 Å². The minimum atomic E-state index is -3.11. The zero-order valence-corrected chi connectivity index (χ0v) is 13.1. The van der Waals surface area contributed by atoms with Gasteiger partial charge in [-0.3, -0.25) is 0 Å². The molecule has 6 nitrogen and oxygen atoms in total. The Hall–Kier alpha value is -1.12. The molecule has 0 saturated carbocycles. The third-order valence-electron chi connectivity index (χ3n) is 3.01. The second-order valence-corrected chi connectivity index (χ2v) is 7.86. The van der Waals surface area contributed by atoms with Crippen molar-refractivity contribution in [1.29, 1.82) is 0 Å². The number of sulfone groups is 1. The Balaban J connectivity index is 1.95. The summed E-state index contributed by atoms with van der Waals surface area (Å²) in [6.45, 7) is 3.05. The summed E-state index contributed by atoms with van der Waals surface area (Å²) in [5, 5.41) is 6.67. The Labute approximate surface area is 122 Å². The van der Waals surface area contributed by atoms with Gasteiger partial charge in [0, 0.05) is 24.7 Å². The molecule has 0 aromatic carbocycles. The first-order chi connectivity index (χ1) is 9.35. The molecule has 0 aliphatic carbocycles. The predicted molar refractivity (Wildman–Crippen MR) is 79.1 cm³/mol. The number of carbonyl (C=O) groups excluding carboxylic acids is 1. The van der Waals surface area contributed by atoms with Crippen molar-refractivity contribution in [1.82, 2.24) is 4.90 Å². The predicted octanol–water partition coefficient (Wildman–Crippen LogP) is 1.33. The highest BCUT2D eigenvalue weighted by Crippen LogP contribution is 2.20. The smallest absolute Gasteiger partial charge is 0.322 e. The zero-order valence-electron chi connectivity index (χ0n) is 11.5. The van der Waals surface area contributed by atoms with Crippen LogP contribution in [0.25, 0.3) is 0 Å². The van der Waals surface area contributed by atoms with Gasteiger partial charge in [-0.1, -0.05) is 0 Å². The van der Waals surface area contributed by atoms with Gasteiger partial charge in [0.25, 0.3) is 0 Å². The molecule has 1 aromatic rings. The standard InChI is InChI=1S/C12H18N2O4S2/c1-9-6-19-7-11(9)13-12(15)14-3-4-18-10(5-14)8-20(2,16)17/h6-7,10H,3-5,8H2,1-2H3,(H,13,15).